The minimum atomic E-state index is -0.333. The van der Waals surface area contributed by atoms with Gasteiger partial charge in [-0.25, -0.2) is 4.98 Å². The summed E-state index contributed by atoms with van der Waals surface area (Å²) in [5, 5.41) is 8.10. The Hall–Kier alpha value is -0.390. The van der Waals surface area contributed by atoms with E-state index in [0.717, 1.165) is 0 Å². The second-order valence-corrected chi connectivity index (χ2v) is 1.19. The van der Waals surface area contributed by atoms with Crippen LogP contribution in [0.2, 0.25) is 0 Å². The van der Waals surface area contributed by atoms with Crippen molar-refractivity contribution in [2.24, 2.45) is 0 Å². The molecule has 0 bridgehead atoms. The van der Waals surface area contributed by atoms with Gasteiger partial charge in [0.2, 0.25) is 0 Å². The molecule has 0 amide bonds. The monoisotopic (exact) mass is 138 g/mol. The van der Waals surface area contributed by atoms with E-state index in [4.69, 9.17) is 5.21 Å². The third-order valence-corrected chi connectivity index (χ3v) is 0.665. The van der Waals surface area contributed by atoms with Crippen LogP contribution in [-0.4, -0.2) is 49.7 Å². The molecule has 1 heterocycles. The maximum atomic E-state index is 9.88. The molecule has 0 radical (unpaired) electrons. The summed E-state index contributed by atoms with van der Waals surface area (Å²) in [5.74, 6) is -0.106. The Bertz CT molecular complexity index is 185. The first-order valence-corrected chi connectivity index (χ1v) is 1.96. The molecule has 1 aromatic heterocycles. The Morgan fingerprint density at radius 1 is 1.78 bits per heavy atom. The number of hydrogen-bond donors (Lipinski definition) is 2. The summed E-state index contributed by atoms with van der Waals surface area (Å²) in [5.41, 5.74) is 0. The van der Waals surface area contributed by atoms with Crippen molar-refractivity contribution in [2.75, 3.05) is 0 Å². The van der Waals surface area contributed by atoms with Crippen molar-refractivity contribution in [2.45, 2.75) is 0 Å². The van der Waals surface area contributed by atoms with Crippen LogP contribution in [0.25, 0.3) is 0 Å². The summed E-state index contributed by atoms with van der Waals surface area (Å²) in [7, 11) is 0. The van der Waals surface area contributed by atoms with Crippen LogP contribution in [0.5, 0.6) is 0 Å². The first-order valence-electron chi connectivity index (χ1n) is 1.96. The molecular weight excluding hydrogens is 133 g/mol. The molecule has 0 atom stereocenters. The van der Waals surface area contributed by atoms with E-state index in [1.165, 1.54) is 12.4 Å². The van der Waals surface area contributed by atoms with Crippen LogP contribution in [-0.2, 0) is 0 Å². The Kier molecular flexibility index (Phi) is 3.44. The van der Waals surface area contributed by atoms with Crippen molar-refractivity contribution >= 4 is 35.5 Å². The van der Waals surface area contributed by atoms with E-state index in [0.29, 0.717) is 0 Å². The van der Waals surface area contributed by atoms with Gasteiger partial charge in [-0.1, -0.05) is 9.89 Å². The van der Waals surface area contributed by atoms with Crippen LogP contribution in [0.15, 0.2) is 12.4 Å². The summed E-state index contributed by atoms with van der Waals surface area (Å²) in [6, 6.07) is 0. The number of imidazole rings is 1. The molecule has 1 rings (SSSR count). The molecule has 0 aliphatic heterocycles. The summed E-state index contributed by atoms with van der Waals surface area (Å²) in [4.78, 5) is 15.4. The van der Waals surface area contributed by atoms with Crippen molar-refractivity contribution in [1.82, 2.24) is 9.97 Å². The van der Waals surface area contributed by atoms with E-state index in [9.17, 15) is 4.91 Å². The number of hydrogen-bond acceptors (Lipinski definition) is 2. The van der Waals surface area contributed by atoms with E-state index < -0.39 is 0 Å². The number of nitrogens with zero attached hydrogens (tertiary/aromatic N) is 2. The van der Waals surface area contributed by atoms with E-state index >= 15 is 0 Å². The number of aromatic nitrogens is 2. The van der Waals surface area contributed by atoms with Gasteiger partial charge in [0, 0.05) is 0 Å². The predicted molar refractivity (Wildman–Crippen MR) is 30.8 cm³/mol. The summed E-state index contributed by atoms with van der Waals surface area (Å²) >= 11 is 0. The molecule has 0 spiro atoms. The van der Waals surface area contributed by atoms with Gasteiger partial charge >= 0.3 is 35.5 Å². The second-order valence-electron chi connectivity index (χ2n) is 1.19. The Labute approximate surface area is 72.9 Å². The molecule has 0 unspecified atom stereocenters. The van der Waals surface area contributed by atoms with Crippen LogP contribution in [0.3, 0.4) is 0 Å². The van der Waals surface area contributed by atoms with Gasteiger partial charge in [-0.2, -0.15) is 0 Å². The van der Waals surface area contributed by atoms with Gasteiger partial charge in [-0.05, 0) is 0 Å². The Balaban J connectivity index is 0.000000640. The van der Waals surface area contributed by atoms with Crippen molar-refractivity contribution < 1.29 is 10.1 Å². The average Bonchev–Trinajstić information content (AvgIpc) is 2.12. The summed E-state index contributed by atoms with van der Waals surface area (Å²) < 4.78 is 0. The zero-order chi connectivity index (χ0) is 5.98. The van der Waals surface area contributed by atoms with E-state index in [2.05, 4.69) is 9.97 Å². The zero-order valence-corrected chi connectivity index (χ0v) is 3.90. The standard InChI is InChI=1S/C3H4N3O2.Na.H/c7-6(8)3-4-1-2-5-3;;/h1-2H,(H,4,5)(H,7,8);;/q+1;;. The van der Waals surface area contributed by atoms with Gasteiger partial charge in [0.15, 0.2) is 4.92 Å². The molecule has 0 aliphatic carbocycles. The number of rotatable bonds is 1. The maximum absolute atomic E-state index is 9.88. The SMILES string of the molecule is O=[N+](O)c1ncc[nH]1.[NaH]. The third-order valence-electron chi connectivity index (χ3n) is 0.665. The molecule has 1 aromatic rings. The van der Waals surface area contributed by atoms with Gasteiger partial charge in [0.05, 0.1) is 6.20 Å². The molecular formula is C3H5N3NaO2+. The fraction of sp³-hybridized carbons (Fsp3) is 0. The first kappa shape index (κ1) is 8.61. The molecule has 2 N–H and O–H groups in total. The van der Waals surface area contributed by atoms with Crippen molar-refractivity contribution in [3.8, 4) is 0 Å². The van der Waals surface area contributed by atoms with Crippen LogP contribution >= 0.6 is 0 Å². The fourth-order valence-corrected chi connectivity index (χ4v) is 0.362. The van der Waals surface area contributed by atoms with Crippen molar-refractivity contribution in [3.05, 3.63) is 17.3 Å². The zero-order valence-electron chi connectivity index (χ0n) is 3.90. The van der Waals surface area contributed by atoms with Crippen LogP contribution in [0.1, 0.15) is 0 Å². The van der Waals surface area contributed by atoms with Crippen molar-refractivity contribution in [3.63, 3.8) is 0 Å². The Morgan fingerprint density at radius 2 is 2.44 bits per heavy atom. The normalized spacial score (nSPS) is 8.00. The average molecular weight is 138 g/mol. The summed E-state index contributed by atoms with van der Waals surface area (Å²) in [6.45, 7) is 0. The topological polar surface area (TPSA) is 69.0 Å². The molecule has 0 fully saturated rings. The molecule has 6 heteroatoms. The molecule has 44 valence electrons. The van der Waals surface area contributed by atoms with E-state index in [1.807, 2.05) is 0 Å². The minimum absolute atomic E-state index is 0. The Morgan fingerprint density at radius 3 is 2.67 bits per heavy atom. The summed E-state index contributed by atoms with van der Waals surface area (Å²) in [6.07, 6.45) is 2.81. The van der Waals surface area contributed by atoms with Crippen molar-refractivity contribution in [1.29, 1.82) is 0 Å². The molecule has 0 saturated carbocycles. The van der Waals surface area contributed by atoms with Gasteiger partial charge in [-0.3, -0.25) is 0 Å². The fourth-order valence-electron chi connectivity index (χ4n) is 0.362. The molecule has 0 aliphatic rings. The number of nitrogens with one attached hydrogen (secondary N) is 1. The van der Waals surface area contributed by atoms with E-state index in [1.54, 1.807) is 0 Å². The van der Waals surface area contributed by atoms with Crippen LogP contribution < -0.4 is 0 Å². The molecule has 0 aromatic carbocycles. The molecule has 9 heavy (non-hydrogen) atoms. The predicted octanol–water partition coefficient (Wildman–Crippen LogP) is -0.439. The third kappa shape index (κ3) is 2.13. The van der Waals surface area contributed by atoms with Gasteiger partial charge < -0.3 is 5.21 Å². The number of H-pyrrole nitrogens is 1. The van der Waals surface area contributed by atoms with Gasteiger partial charge in [-0.15, -0.1) is 0 Å². The first-order chi connectivity index (χ1) is 3.80. The number of aromatic amines is 1. The van der Waals surface area contributed by atoms with Crippen LogP contribution in [0.4, 0.5) is 5.95 Å². The molecule has 0 saturated heterocycles. The van der Waals surface area contributed by atoms with E-state index in [-0.39, 0.29) is 40.4 Å². The second kappa shape index (κ2) is 3.60. The van der Waals surface area contributed by atoms with Gasteiger partial charge in [0.25, 0.3) is 0 Å². The van der Waals surface area contributed by atoms with Gasteiger partial charge in [0.1, 0.15) is 6.20 Å². The molecule has 5 nitrogen and oxygen atoms in total. The van der Waals surface area contributed by atoms with Crippen LogP contribution in [0, 0.1) is 4.91 Å². The quantitative estimate of drug-likeness (QED) is 0.408.